The molecule has 20 heavy (non-hydrogen) atoms. The van der Waals surface area contributed by atoms with E-state index in [9.17, 15) is 4.79 Å². The molecule has 0 saturated carbocycles. The van der Waals surface area contributed by atoms with Gasteiger partial charge in [0, 0.05) is 17.7 Å². The summed E-state index contributed by atoms with van der Waals surface area (Å²) >= 11 is 0. The second-order valence-corrected chi connectivity index (χ2v) is 5.29. The minimum Gasteiger partial charge on any atom is -0.323 e. The number of amides is 1. The van der Waals surface area contributed by atoms with E-state index < -0.39 is 0 Å². The van der Waals surface area contributed by atoms with Gasteiger partial charge in [-0.05, 0) is 17.7 Å². The number of benzene rings is 2. The maximum absolute atomic E-state index is 12.1. The molecule has 2 aromatic carbocycles. The predicted molar refractivity (Wildman–Crippen MR) is 79.6 cm³/mol. The standard InChI is InChI=1S/C17H18N2O/c20-17(18-16-8-2-1-3-9-16)13-19-11-10-14-6-4-5-7-15(14)12-19/h1-9H,10-13H2,(H,18,20)/p+1. The van der Waals surface area contributed by atoms with Gasteiger partial charge in [0.1, 0.15) is 6.54 Å². The Bertz CT molecular complexity index is 595. The van der Waals surface area contributed by atoms with Crippen LogP contribution in [-0.2, 0) is 17.8 Å². The van der Waals surface area contributed by atoms with Crippen molar-refractivity contribution < 1.29 is 9.69 Å². The van der Waals surface area contributed by atoms with Crippen LogP contribution in [0.1, 0.15) is 11.1 Å². The molecule has 1 aliphatic rings. The summed E-state index contributed by atoms with van der Waals surface area (Å²) in [5.74, 6) is 0.0885. The van der Waals surface area contributed by atoms with Crippen LogP contribution in [0.3, 0.4) is 0 Å². The van der Waals surface area contributed by atoms with Crippen LogP contribution < -0.4 is 10.2 Å². The number of quaternary nitrogens is 1. The van der Waals surface area contributed by atoms with Crippen molar-refractivity contribution in [1.82, 2.24) is 0 Å². The molecule has 0 fully saturated rings. The smallest absolute Gasteiger partial charge is 0.279 e. The highest BCUT2D eigenvalue weighted by atomic mass is 16.2. The quantitative estimate of drug-likeness (QED) is 0.862. The van der Waals surface area contributed by atoms with Crippen molar-refractivity contribution in [3.63, 3.8) is 0 Å². The molecule has 0 saturated heterocycles. The monoisotopic (exact) mass is 267 g/mol. The molecular weight excluding hydrogens is 248 g/mol. The highest BCUT2D eigenvalue weighted by Crippen LogP contribution is 2.10. The number of rotatable bonds is 3. The van der Waals surface area contributed by atoms with Crippen LogP contribution >= 0.6 is 0 Å². The molecule has 1 aliphatic heterocycles. The summed E-state index contributed by atoms with van der Waals surface area (Å²) in [6.45, 7) is 2.50. The van der Waals surface area contributed by atoms with Crippen LogP contribution in [0.15, 0.2) is 54.6 Å². The molecule has 0 spiro atoms. The van der Waals surface area contributed by atoms with Gasteiger partial charge >= 0.3 is 0 Å². The molecule has 1 unspecified atom stereocenters. The fraction of sp³-hybridized carbons (Fsp3) is 0.235. The van der Waals surface area contributed by atoms with Gasteiger partial charge in [-0.25, -0.2) is 0 Å². The Hall–Kier alpha value is -2.13. The summed E-state index contributed by atoms with van der Waals surface area (Å²) < 4.78 is 0. The average molecular weight is 267 g/mol. The molecule has 0 bridgehead atoms. The number of carbonyl (C=O) groups is 1. The van der Waals surface area contributed by atoms with Gasteiger partial charge in [0.15, 0.2) is 6.54 Å². The summed E-state index contributed by atoms with van der Waals surface area (Å²) in [6.07, 6.45) is 1.06. The van der Waals surface area contributed by atoms with Crippen molar-refractivity contribution in [2.75, 3.05) is 18.4 Å². The van der Waals surface area contributed by atoms with Crippen molar-refractivity contribution in [3.8, 4) is 0 Å². The van der Waals surface area contributed by atoms with Gasteiger partial charge in [0.2, 0.25) is 0 Å². The molecule has 3 rings (SSSR count). The number of nitrogens with one attached hydrogen (secondary N) is 2. The van der Waals surface area contributed by atoms with Crippen LogP contribution in [0.5, 0.6) is 0 Å². The minimum atomic E-state index is 0.0885. The molecule has 2 N–H and O–H groups in total. The lowest BCUT2D eigenvalue weighted by Crippen LogP contribution is -3.12. The lowest BCUT2D eigenvalue weighted by Gasteiger charge is -2.25. The third kappa shape index (κ3) is 3.06. The molecule has 3 heteroatoms. The summed E-state index contributed by atoms with van der Waals surface area (Å²) in [7, 11) is 0. The lowest BCUT2D eigenvalue weighted by molar-refractivity contribution is -0.907. The SMILES string of the molecule is O=C(C[NH+]1CCc2ccccc2C1)Nc1ccccc1. The van der Waals surface area contributed by atoms with E-state index in [4.69, 9.17) is 0 Å². The van der Waals surface area contributed by atoms with Crippen molar-refractivity contribution in [1.29, 1.82) is 0 Å². The Kier molecular flexibility index (Phi) is 3.79. The summed E-state index contributed by atoms with van der Waals surface area (Å²) in [4.78, 5) is 13.4. The molecule has 1 amide bonds. The van der Waals surface area contributed by atoms with Gasteiger partial charge < -0.3 is 10.2 Å². The average Bonchev–Trinajstić information content (AvgIpc) is 2.48. The first-order chi connectivity index (χ1) is 9.81. The zero-order chi connectivity index (χ0) is 13.8. The summed E-state index contributed by atoms with van der Waals surface area (Å²) in [5, 5.41) is 2.95. The number of para-hydroxylation sites is 1. The van der Waals surface area contributed by atoms with E-state index in [2.05, 4.69) is 29.6 Å². The van der Waals surface area contributed by atoms with Crippen LogP contribution in [0.4, 0.5) is 5.69 Å². The van der Waals surface area contributed by atoms with Gasteiger partial charge in [-0.2, -0.15) is 0 Å². The van der Waals surface area contributed by atoms with Gasteiger partial charge in [-0.3, -0.25) is 4.79 Å². The highest BCUT2D eigenvalue weighted by Gasteiger charge is 2.21. The topological polar surface area (TPSA) is 33.5 Å². The molecule has 0 radical (unpaired) electrons. The second-order valence-electron chi connectivity index (χ2n) is 5.29. The molecular formula is C17H19N2O+. The Balaban J connectivity index is 1.58. The van der Waals surface area contributed by atoms with Gasteiger partial charge in [-0.1, -0.05) is 42.5 Å². The van der Waals surface area contributed by atoms with E-state index >= 15 is 0 Å². The largest absolute Gasteiger partial charge is 0.323 e. The van der Waals surface area contributed by atoms with Gasteiger partial charge in [0.05, 0.1) is 6.54 Å². The summed E-state index contributed by atoms with van der Waals surface area (Å²) in [6, 6.07) is 18.2. The summed E-state index contributed by atoms with van der Waals surface area (Å²) in [5.41, 5.74) is 3.68. The number of carbonyl (C=O) groups excluding carboxylic acids is 1. The maximum Gasteiger partial charge on any atom is 0.279 e. The molecule has 102 valence electrons. The van der Waals surface area contributed by atoms with Crippen LogP contribution in [0.25, 0.3) is 0 Å². The van der Waals surface area contributed by atoms with E-state index in [1.807, 2.05) is 30.3 Å². The van der Waals surface area contributed by atoms with E-state index in [1.165, 1.54) is 16.0 Å². The first-order valence-corrected chi connectivity index (χ1v) is 7.06. The van der Waals surface area contributed by atoms with Gasteiger partial charge in [-0.15, -0.1) is 0 Å². The molecule has 0 aliphatic carbocycles. The van der Waals surface area contributed by atoms with Crippen LogP contribution in [0, 0.1) is 0 Å². The second kappa shape index (κ2) is 5.88. The first kappa shape index (κ1) is 12.9. The molecule has 1 atom stereocenters. The van der Waals surface area contributed by atoms with E-state index in [0.29, 0.717) is 6.54 Å². The third-order valence-electron chi connectivity index (χ3n) is 3.77. The van der Waals surface area contributed by atoms with Crippen molar-refractivity contribution in [2.24, 2.45) is 0 Å². The Labute approximate surface area is 119 Å². The van der Waals surface area contributed by atoms with Crippen molar-refractivity contribution in [3.05, 3.63) is 65.7 Å². The van der Waals surface area contributed by atoms with E-state index in [1.54, 1.807) is 0 Å². The lowest BCUT2D eigenvalue weighted by atomic mass is 10.00. The Morgan fingerprint density at radius 1 is 1.00 bits per heavy atom. The normalized spacial score (nSPS) is 17.3. The Morgan fingerprint density at radius 3 is 2.50 bits per heavy atom. The van der Waals surface area contributed by atoms with Gasteiger partial charge in [0.25, 0.3) is 5.91 Å². The molecule has 0 aromatic heterocycles. The Morgan fingerprint density at radius 2 is 1.70 bits per heavy atom. The van der Waals surface area contributed by atoms with Crippen LogP contribution in [-0.4, -0.2) is 19.0 Å². The highest BCUT2D eigenvalue weighted by molar-refractivity contribution is 5.91. The molecule has 1 heterocycles. The third-order valence-corrected chi connectivity index (χ3v) is 3.77. The fourth-order valence-corrected chi connectivity index (χ4v) is 2.75. The predicted octanol–water partition coefficient (Wildman–Crippen LogP) is 1.27. The number of anilines is 1. The van der Waals surface area contributed by atoms with Crippen molar-refractivity contribution in [2.45, 2.75) is 13.0 Å². The number of fused-ring (bicyclic) bond motifs is 1. The number of hydrogen-bond donors (Lipinski definition) is 2. The van der Waals surface area contributed by atoms with E-state index in [0.717, 1.165) is 25.2 Å². The fourth-order valence-electron chi connectivity index (χ4n) is 2.75. The molecule has 3 nitrogen and oxygen atoms in total. The number of hydrogen-bond acceptors (Lipinski definition) is 1. The van der Waals surface area contributed by atoms with Crippen molar-refractivity contribution >= 4 is 11.6 Å². The van der Waals surface area contributed by atoms with E-state index in [-0.39, 0.29) is 5.91 Å². The maximum atomic E-state index is 12.1. The first-order valence-electron chi connectivity index (χ1n) is 7.06. The zero-order valence-corrected chi connectivity index (χ0v) is 11.4. The van der Waals surface area contributed by atoms with Crippen LogP contribution in [0.2, 0.25) is 0 Å². The zero-order valence-electron chi connectivity index (χ0n) is 11.4. The minimum absolute atomic E-state index is 0.0885. The molecule has 2 aromatic rings.